The number of aryl methyl sites for hydroxylation is 1. The highest BCUT2D eigenvalue weighted by molar-refractivity contribution is 9.10. The normalized spacial score (nSPS) is 10.4. The summed E-state index contributed by atoms with van der Waals surface area (Å²) in [6.45, 7) is 1.98. The van der Waals surface area contributed by atoms with E-state index < -0.39 is 0 Å². The van der Waals surface area contributed by atoms with E-state index in [0.29, 0.717) is 0 Å². The van der Waals surface area contributed by atoms with Crippen molar-refractivity contribution < 1.29 is 4.39 Å². The number of benzene rings is 1. The van der Waals surface area contributed by atoms with Crippen molar-refractivity contribution in [3.8, 4) is 0 Å². The fourth-order valence-electron chi connectivity index (χ4n) is 1.58. The Labute approximate surface area is 108 Å². The Morgan fingerprint density at radius 2 is 2.06 bits per heavy atom. The molecule has 2 aromatic rings. The number of hydrogen-bond acceptors (Lipinski definition) is 2. The van der Waals surface area contributed by atoms with E-state index in [2.05, 4.69) is 20.9 Å². The van der Waals surface area contributed by atoms with Gasteiger partial charge in [-0.3, -0.25) is 0 Å². The highest BCUT2D eigenvalue weighted by Crippen LogP contribution is 2.29. The summed E-state index contributed by atoms with van der Waals surface area (Å²) in [7, 11) is 1.86. The molecule has 17 heavy (non-hydrogen) atoms. The van der Waals surface area contributed by atoms with Gasteiger partial charge in [0, 0.05) is 18.9 Å². The van der Waals surface area contributed by atoms with Crippen LogP contribution in [-0.4, -0.2) is 12.0 Å². The first-order valence-electron chi connectivity index (χ1n) is 5.19. The van der Waals surface area contributed by atoms with Crippen molar-refractivity contribution in [1.29, 1.82) is 0 Å². The molecule has 88 valence electrons. The summed E-state index contributed by atoms with van der Waals surface area (Å²) in [6, 6.07) is 8.42. The molecule has 0 spiro atoms. The van der Waals surface area contributed by atoms with Crippen molar-refractivity contribution in [3.05, 3.63) is 52.4 Å². The number of nitrogens with zero attached hydrogens (tertiary/aromatic N) is 2. The topological polar surface area (TPSA) is 16.1 Å². The van der Waals surface area contributed by atoms with Gasteiger partial charge in [-0.15, -0.1) is 0 Å². The fourth-order valence-corrected chi connectivity index (χ4v) is 2.31. The summed E-state index contributed by atoms with van der Waals surface area (Å²) in [4.78, 5) is 6.18. The van der Waals surface area contributed by atoms with Gasteiger partial charge in [-0.25, -0.2) is 9.37 Å². The molecule has 0 saturated heterocycles. The Balaban J connectivity index is 2.40. The predicted octanol–water partition coefficient (Wildman–Crippen LogP) is 4.06. The van der Waals surface area contributed by atoms with Gasteiger partial charge < -0.3 is 4.90 Å². The highest BCUT2D eigenvalue weighted by Gasteiger charge is 2.09. The quantitative estimate of drug-likeness (QED) is 0.830. The van der Waals surface area contributed by atoms with E-state index in [9.17, 15) is 4.39 Å². The minimum Gasteiger partial charge on any atom is -0.328 e. The predicted molar refractivity (Wildman–Crippen MR) is 71.1 cm³/mol. The number of hydrogen-bond donors (Lipinski definition) is 0. The summed E-state index contributed by atoms with van der Waals surface area (Å²) in [5, 5.41) is 0. The van der Waals surface area contributed by atoms with Crippen molar-refractivity contribution in [2.45, 2.75) is 6.92 Å². The van der Waals surface area contributed by atoms with Crippen LogP contribution in [0.2, 0.25) is 0 Å². The molecule has 0 aliphatic rings. The van der Waals surface area contributed by atoms with Gasteiger partial charge in [0.15, 0.2) is 0 Å². The standard InChI is InChI=1S/C13H12BrFN2/c1-9-6-12(14)13(16-8-9)17(2)11-5-3-4-10(15)7-11/h3-8H,1-2H3. The van der Waals surface area contributed by atoms with Gasteiger partial charge in [0.05, 0.1) is 4.47 Å². The molecule has 0 aliphatic carbocycles. The third kappa shape index (κ3) is 2.64. The van der Waals surface area contributed by atoms with E-state index in [0.717, 1.165) is 21.5 Å². The van der Waals surface area contributed by atoms with Crippen LogP contribution in [0.25, 0.3) is 0 Å². The van der Waals surface area contributed by atoms with Gasteiger partial charge in [-0.2, -0.15) is 0 Å². The van der Waals surface area contributed by atoms with E-state index in [1.807, 2.05) is 31.0 Å². The second-order valence-electron chi connectivity index (χ2n) is 3.86. The highest BCUT2D eigenvalue weighted by atomic mass is 79.9. The summed E-state index contributed by atoms with van der Waals surface area (Å²) in [5.41, 5.74) is 1.84. The smallest absolute Gasteiger partial charge is 0.147 e. The molecule has 1 aromatic carbocycles. The molecule has 0 atom stereocenters. The molecule has 0 radical (unpaired) electrons. The molecular formula is C13H12BrFN2. The zero-order valence-electron chi connectivity index (χ0n) is 9.61. The zero-order chi connectivity index (χ0) is 12.4. The van der Waals surface area contributed by atoms with Crippen LogP contribution in [0.15, 0.2) is 41.0 Å². The molecule has 0 bridgehead atoms. The van der Waals surface area contributed by atoms with Gasteiger partial charge in [0.25, 0.3) is 0 Å². The lowest BCUT2D eigenvalue weighted by atomic mass is 10.2. The first-order valence-corrected chi connectivity index (χ1v) is 5.98. The summed E-state index contributed by atoms with van der Waals surface area (Å²) < 4.78 is 14.0. The molecule has 1 heterocycles. The zero-order valence-corrected chi connectivity index (χ0v) is 11.2. The van der Waals surface area contributed by atoms with Crippen LogP contribution in [0.4, 0.5) is 15.9 Å². The summed E-state index contributed by atoms with van der Waals surface area (Å²) in [5.74, 6) is 0.513. The molecule has 4 heteroatoms. The minimum absolute atomic E-state index is 0.252. The molecule has 0 aliphatic heterocycles. The number of aromatic nitrogens is 1. The Morgan fingerprint density at radius 1 is 1.29 bits per heavy atom. The van der Waals surface area contributed by atoms with Gasteiger partial charge in [0.1, 0.15) is 11.6 Å². The van der Waals surface area contributed by atoms with Crippen LogP contribution in [0.5, 0.6) is 0 Å². The Kier molecular flexibility index (Phi) is 3.43. The molecule has 0 saturated carbocycles. The second-order valence-corrected chi connectivity index (χ2v) is 4.71. The van der Waals surface area contributed by atoms with E-state index in [-0.39, 0.29) is 5.82 Å². The second kappa shape index (κ2) is 4.84. The summed E-state index contributed by atoms with van der Waals surface area (Å²) in [6.07, 6.45) is 1.79. The van der Waals surface area contributed by atoms with Crippen molar-refractivity contribution in [3.63, 3.8) is 0 Å². The van der Waals surface area contributed by atoms with Crippen LogP contribution in [0, 0.1) is 12.7 Å². The molecule has 2 rings (SSSR count). The average Bonchev–Trinajstić information content (AvgIpc) is 2.28. The Bertz CT molecular complexity index is 543. The maximum Gasteiger partial charge on any atom is 0.147 e. The van der Waals surface area contributed by atoms with E-state index in [1.165, 1.54) is 12.1 Å². The number of halogens is 2. The molecule has 0 unspecified atom stereocenters. The van der Waals surface area contributed by atoms with Crippen LogP contribution < -0.4 is 4.90 Å². The first kappa shape index (κ1) is 12.0. The van der Waals surface area contributed by atoms with Crippen LogP contribution in [-0.2, 0) is 0 Å². The Morgan fingerprint density at radius 3 is 2.71 bits per heavy atom. The lowest BCUT2D eigenvalue weighted by Gasteiger charge is -2.19. The van der Waals surface area contributed by atoms with Gasteiger partial charge in [0.2, 0.25) is 0 Å². The van der Waals surface area contributed by atoms with E-state index in [1.54, 1.807) is 12.3 Å². The maximum absolute atomic E-state index is 13.1. The van der Waals surface area contributed by atoms with Crippen molar-refractivity contribution in [1.82, 2.24) is 4.98 Å². The molecule has 2 nitrogen and oxygen atoms in total. The average molecular weight is 295 g/mol. The third-order valence-electron chi connectivity index (χ3n) is 2.47. The van der Waals surface area contributed by atoms with Crippen molar-refractivity contribution in [2.24, 2.45) is 0 Å². The maximum atomic E-state index is 13.1. The van der Waals surface area contributed by atoms with Crippen molar-refractivity contribution in [2.75, 3.05) is 11.9 Å². The van der Waals surface area contributed by atoms with Gasteiger partial charge >= 0.3 is 0 Å². The molecule has 1 aromatic heterocycles. The number of anilines is 2. The monoisotopic (exact) mass is 294 g/mol. The molecular weight excluding hydrogens is 283 g/mol. The molecule has 0 fully saturated rings. The SMILES string of the molecule is Cc1cnc(N(C)c2cccc(F)c2)c(Br)c1. The molecule has 0 amide bonds. The van der Waals surface area contributed by atoms with E-state index in [4.69, 9.17) is 0 Å². The number of rotatable bonds is 2. The Hall–Kier alpha value is -1.42. The van der Waals surface area contributed by atoms with Gasteiger partial charge in [-0.05, 0) is 52.7 Å². The lowest BCUT2D eigenvalue weighted by molar-refractivity contribution is 0.628. The van der Waals surface area contributed by atoms with Crippen LogP contribution >= 0.6 is 15.9 Å². The van der Waals surface area contributed by atoms with Gasteiger partial charge in [-0.1, -0.05) is 6.07 Å². The largest absolute Gasteiger partial charge is 0.328 e. The minimum atomic E-state index is -0.252. The number of pyridine rings is 1. The van der Waals surface area contributed by atoms with Crippen LogP contribution in [0.3, 0.4) is 0 Å². The van der Waals surface area contributed by atoms with E-state index >= 15 is 0 Å². The third-order valence-corrected chi connectivity index (χ3v) is 3.06. The summed E-state index contributed by atoms with van der Waals surface area (Å²) >= 11 is 3.47. The van der Waals surface area contributed by atoms with Crippen molar-refractivity contribution >= 4 is 27.4 Å². The first-order chi connectivity index (χ1) is 8.08. The van der Waals surface area contributed by atoms with Crippen LogP contribution in [0.1, 0.15) is 5.56 Å². The molecule has 0 N–H and O–H groups in total. The fraction of sp³-hybridized carbons (Fsp3) is 0.154. The lowest BCUT2D eigenvalue weighted by Crippen LogP contribution is -2.12.